The number of carbonyl (C=O) groups excluding carboxylic acids is 2. The van der Waals surface area contributed by atoms with Crippen LogP contribution >= 0.6 is 11.3 Å². The summed E-state index contributed by atoms with van der Waals surface area (Å²) < 4.78 is 0. The third-order valence-electron chi connectivity index (χ3n) is 6.60. The van der Waals surface area contributed by atoms with Crippen molar-refractivity contribution in [2.45, 2.75) is 51.9 Å². The lowest BCUT2D eigenvalue weighted by atomic mass is 9.98. The van der Waals surface area contributed by atoms with Gasteiger partial charge in [0.05, 0.1) is 5.71 Å². The van der Waals surface area contributed by atoms with E-state index in [0.717, 1.165) is 67.0 Å². The molecule has 1 fully saturated rings. The van der Waals surface area contributed by atoms with Gasteiger partial charge in [-0.25, -0.2) is 0 Å². The topological polar surface area (TPSA) is 53.0 Å². The summed E-state index contributed by atoms with van der Waals surface area (Å²) in [5.41, 5.74) is 5.58. The van der Waals surface area contributed by atoms with Crippen LogP contribution in [0, 0.1) is 6.92 Å². The van der Waals surface area contributed by atoms with E-state index in [-0.39, 0.29) is 24.9 Å². The van der Waals surface area contributed by atoms with E-state index in [2.05, 4.69) is 25.1 Å². The fraction of sp³-hybridized carbons (Fsp3) is 0.480. The van der Waals surface area contributed by atoms with Crippen LogP contribution in [0.3, 0.4) is 0 Å². The van der Waals surface area contributed by atoms with Crippen LogP contribution in [-0.2, 0) is 22.4 Å². The molecule has 6 heteroatoms. The van der Waals surface area contributed by atoms with Gasteiger partial charge in [0.25, 0.3) is 0 Å². The highest BCUT2D eigenvalue weighted by atomic mass is 32.1. The molecule has 0 bridgehead atoms. The lowest BCUT2D eigenvalue weighted by Crippen LogP contribution is -2.43. The van der Waals surface area contributed by atoms with Gasteiger partial charge in [0.15, 0.2) is 0 Å². The zero-order valence-electron chi connectivity index (χ0n) is 18.2. The summed E-state index contributed by atoms with van der Waals surface area (Å²) in [6.45, 7) is 3.91. The standard InChI is InChI=1S/C25H29N3O2S/c1-17-8-6-9-18(14-17)24-23-19-10-7-11-20(19)31-25(23)28(21(29)15-26-24)16-22(30)27-12-4-2-3-5-13-27/h6,8-9,14H,2-5,7,10-13,15-16H2,1H3. The van der Waals surface area contributed by atoms with Crippen molar-refractivity contribution in [3.8, 4) is 0 Å². The molecule has 2 aromatic rings. The van der Waals surface area contributed by atoms with Crippen molar-refractivity contribution in [1.29, 1.82) is 0 Å². The largest absolute Gasteiger partial charge is 0.341 e. The average molecular weight is 436 g/mol. The van der Waals surface area contributed by atoms with Crippen LogP contribution in [0.15, 0.2) is 29.3 Å². The Bertz CT molecular complexity index is 1050. The van der Waals surface area contributed by atoms with Crippen LogP contribution in [0.4, 0.5) is 5.00 Å². The van der Waals surface area contributed by atoms with E-state index in [9.17, 15) is 9.59 Å². The molecule has 1 saturated heterocycles. The van der Waals surface area contributed by atoms with Crippen molar-refractivity contribution in [2.75, 3.05) is 31.1 Å². The molecular formula is C25H29N3O2S. The van der Waals surface area contributed by atoms with E-state index < -0.39 is 0 Å². The van der Waals surface area contributed by atoms with E-state index in [1.165, 1.54) is 28.8 Å². The molecule has 0 radical (unpaired) electrons. The van der Waals surface area contributed by atoms with Crippen molar-refractivity contribution in [3.63, 3.8) is 0 Å². The highest BCUT2D eigenvalue weighted by Gasteiger charge is 2.34. The summed E-state index contributed by atoms with van der Waals surface area (Å²) in [6, 6.07) is 8.35. The predicted molar refractivity (Wildman–Crippen MR) is 125 cm³/mol. The molecule has 5 rings (SSSR count). The fourth-order valence-electron chi connectivity index (χ4n) is 4.99. The number of fused-ring (bicyclic) bond motifs is 3. The van der Waals surface area contributed by atoms with E-state index in [1.54, 1.807) is 16.2 Å². The van der Waals surface area contributed by atoms with Gasteiger partial charge in [-0.05, 0) is 50.7 Å². The minimum Gasteiger partial charge on any atom is -0.341 e. The molecule has 1 aromatic carbocycles. The first-order valence-corrected chi connectivity index (χ1v) is 12.3. The second kappa shape index (κ2) is 8.58. The SMILES string of the molecule is Cc1cccc(C2=NCC(=O)N(CC(=O)N3CCCCCC3)c3sc4c(c32)CCC4)c1. The molecule has 31 heavy (non-hydrogen) atoms. The van der Waals surface area contributed by atoms with E-state index in [4.69, 9.17) is 4.99 Å². The number of anilines is 1. The second-order valence-corrected chi connectivity index (χ2v) is 9.93. The number of hydrogen-bond donors (Lipinski definition) is 0. The summed E-state index contributed by atoms with van der Waals surface area (Å²) in [5, 5.41) is 0.927. The van der Waals surface area contributed by atoms with Gasteiger partial charge in [-0.1, -0.05) is 36.6 Å². The molecule has 0 spiro atoms. The zero-order chi connectivity index (χ0) is 21.4. The van der Waals surface area contributed by atoms with Crippen molar-refractivity contribution in [2.24, 2.45) is 4.99 Å². The first kappa shape index (κ1) is 20.4. The van der Waals surface area contributed by atoms with Gasteiger partial charge < -0.3 is 4.90 Å². The molecular weight excluding hydrogens is 406 g/mol. The Kier molecular flexibility index (Phi) is 5.65. The van der Waals surface area contributed by atoms with Crippen molar-refractivity contribution >= 4 is 33.9 Å². The highest BCUT2D eigenvalue weighted by Crippen LogP contribution is 2.43. The van der Waals surface area contributed by atoms with Gasteiger partial charge in [0, 0.05) is 29.1 Å². The van der Waals surface area contributed by atoms with Gasteiger partial charge in [-0.2, -0.15) is 0 Å². The van der Waals surface area contributed by atoms with Crippen molar-refractivity contribution in [1.82, 2.24) is 4.90 Å². The molecule has 3 aliphatic rings. The quantitative estimate of drug-likeness (QED) is 0.728. The Balaban J connectivity index is 1.53. The smallest absolute Gasteiger partial charge is 0.249 e. The second-order valence-electron chi connectivity index (χ2n) is 8.85. The molecule has 162 valence electrons. The third-order valence-corrected chi connectivity index (χ3v) is 7.92. The Hall–Kier alpha value is -2.47. The number of amides is 2. The number of carbonyl (C=O) groups is 2. The van der Waals surface area contributed by atoms with Gasteiger partial charge in [-0.15, -0.1) is 11.3 Å². The summed E-state index contributed by atoms with van der Waals surface area (Å²) in [5.74, 6) is -0.0132. The Labute approximate surface area is 187 Å². The van der Waals surface area contributed by atoms with Crippen LogP contribution in [0.1, 0.15) is 59.2 Å². The number of rotatable bonds is 3. The van der Waals surface area contributed by atoms with E-state index in [0.29, 0.717) is 0 Å². The van der Waals surface area contributed by atoms with Crippen molar-refractivity contribution < 1.29 is 9.59 Å². The molecule has 1 aromatic heterocycles. The molecule has 1 aliphatic carbocycles. The molecule has 0 atom stereocenters. The third kappa shape index (κ3) is 3.93. The number of thiophene rings is 1. The van der Waals surface area contributed by atoms with Crippen LogP contribution in [0.2, 0.25) is 0 Å². The van der Waals surface area contributed by atoms with E-state index in [1.807, 2.05) is 11.0 Å². The highest BCUT2D eigenvalue weighted by molar-refractivity contribution is 7.17. The van der Waals surface area contributed by atoms with Gasteiger partial charge >= 0.3 is 0 Å². The molecule has 3 heterocycles. The Morgan fingerprint density at radius 3 is 2.68 bits per heavy atom. The first-order valence-electron chi connectivity index (χ1n) is 11.5. The first-order chi connectivity index (χ1) is 15.1. The van der Waals surface area contributed by atoms with E-state index >= 15 is 0 Å². The maximum atomic E-state index is 13.2. The summed E-state index contributed by atoms with van der Waals surface area (Å²) in [6.07, 6.45) is 7.70. The minimum atomic E-state index is -0.0769. The number of aryl methyl sites for hydroxylation is 2. The molecule has 0 unspecified atom stereocenters. The molecule has 0 saturated carbocycles. The number of likely N-dealkylation sites (tertiary alicyclic amines) is 1. The summed E-state index contributed by atoms with van der Waals surface area (Å²) in [7, 11) is 0. The van der Waals surface area contributed by atoms with Crippen LogP contribution in [-0.4, -0.2) is 48.6 Å². The zero-order valence-corrected chi connectivity index (χ0v) is 19.0. The van der Waals surface area contributed by atoms with Gasteiger partial charge in [-0.3, -0.25) is 19.5 Å². The molecule has 2 amide bonds. The lowest BCUT2D eigenvalue weighted by Gasteiger charge is -2.26. The van der Waals surface area contributed by atoms with Gasteiger partial charge in [0.2, 0.25) is 11.8 Å². The molecule has 5 nitrogen and oxygen atoms in total. The predicted octanol–water partition coefficient (Wildman–Crippen LogP) is 4.13. The number of aliphatic imine (C=N–C) groups is 1. The normalized spacial score (nSPS) is 18.9. The lowest BCUT2D eigenvalue weighted by molar-refractivity contribution is -0.131. The number of nitrogens with zero attached hydrogens (tertiary/aromatic N) is 3. The summed E-state index contributed by atoms with van der Waals surface area (Å²) in [4.78, 5) is 36.2. The maximum Gasteiger partial charge on any atom is 0.249 e. The maximum absolute atomic E-state index is 13.2. The number of hydrogen-bond acceptors (Lipinski definition) is 4. The molecule has 0 N–H and O–H groups in total. The minimum absolute atomic E-state index is 0.0637. The Morgan fingerprint density at radius 1 is 1.10 bits per heavy atom. The van der Waals surface area contributed by atoms with Crippen LogP contribution in [0.5, 0.6) is 0 Å². The van der Waals surface area contributed by atoms with Crippen LogP contribution in [0.25, 0.3) is 0 Å². The fourth-order valence-corrected chi connectivity index (χ4v) is 6.40. The summed E-state index contributed by atoms with van der Waals surface area (Å²) >= 11 is 1.70. The van der Waals surface area contributed by atoms with Gasteiger partial charge in [0.1, 0.15) is 18.1 Å². The average Bonchev–Trinajstić information content (AvgIpc) is 3.18. The van der Waals surface area contributed by atoms with Crippen LogP contribution < -0.4 is 4.90 Å². The monoisotopic (exact) mass is 435 g/mol. The number of benzene rings is 1. The van der Waals surface area contributed by atoms with Crippen molar-refractivity contribution in [3.05, 3.63) is 51.4 Å². The molecule has 2 aliphatic heterocycles. The Morgan fingerprint density at radius 2 is 1.90 bits per heavy atom.